The Kier molecular flexibility index (Phi) is 15.8. The van der Waals surface area contributed by atoms with Crippen LogP contribution < -0.4 is 16.7 Å². The third-order valence-corrected chi connectivity index (χ3v) is 15.8. The minimum Gasteiger partial charge on any atom is -0.0622 e. The average molecular weight is 811 g/mol. The molecule has 260 valence electrons. The summed E-state index contributed by atoms with van der Waals surface area (Å²) >= 11 is -3.67. The Balaban J connectivity index is 0.000000390. The first-order valence-corrected chi connectivity index (χ1v) is 24.1. The summed E-state index contributed by atoms with van der Waals surface area (Å²) in [5, 5.41) is 0. The van der Waals surface area contributed by atoms with Gasteiger partial charge in [-0.3, -0.25) is 0 Å². The van der Waals surface area contributed by atoms with Crippen LogP contribution in [0.5, 0.6) is 11.5 Å². The second-order valence-corrected chi connectivity index (χ2v) is 25.3. The largest absolute Gasteiger partial charge is 0.0622 e. The first-order valence-electron chi connectivity index (χ1n) is 15.8. The maximum atomic E-state index is 11.8. The Morgan fingerprint density at radius 3 is 1.25 bits per heavy atom. The van der Waals surface area contributed by atoms with E-state index < -0.39 is 39.5 Å². The van der Waals surface area contributed by atoms with Crippen molar-refractivity contribution >= 4 is 53.4 Å². The fraction of sp³-hybridized carbons (Fsp3) is 0.333. The zero-order chi connectivity index (χ0) is 36.1. The van der Waals surface area contributed by atoms with Crippen molar-refractivity contribution in [2.24, 2.45) is 0 Å². The van der Waals surface area contributed by atoms with Crippen LogP contribution in [0, 0.1) is 0 Å². The number of hydrogen-bond acceptors (Lipinski definition) is 6. The fourth-order valence-corrected chi connectivity index (χ4v) is 10.2. The van der Waals surface area contributed by atoms with Crippen LogP contribution in [0.4, 0.5) is 9.59 Å². The van der Waals surface area contributed by atoms with Gasteiger partial charge in [0.1, 0.15) is 0 Å². The molecule has 48 heavy (non-hydrogen) atoms. The molecule has 0 spiro atoms. The van der Waals surface area contributed by atoms with E-state index in [0.717, 1.165) is 7.22 Å². The third-order valence-electron chi connectivity index (χ3n) is 6.11. The van der Waals surface area contributed by atoms with Crippen LogP contribution in [0.2, 0.25) is 0 Å². The van der Waals surface area contributed by atoms with Gasteiger partial charge in [-0.2, -0.15) is 0 Å². The summed E-state index contributed by atoms with van der Waals surface area (Å²) in [6, 6.07) is 32.7. The summed E-state index contributed by atoms with van der Waals surface area (Å²) in [5.41, 5.74) is 2.68. The number of halogens is 2. The first kappa shape index (κ1) is 41.0. The Hall–Kier alpha value is -3.21. The second kappa shape index (κ2) is 18.5. The van der Waals surface area contributed by atoms with Crippen LogP contribution in [-0.4, -0.2) is 39.5 Å². The summed E-state index contributed by atoms with van der Waals surface area (Å²) in [4.78, 5) is 23.6. The molecule has 0 aliphatic carbocycles. The maximum Gasteiger partial charge on any atom is -0.0184 e. The minimum atomic E-state index is -3.67. The van der Waals surface area contributed by atoms with Crippen LogP contribution in [0.1, 0.15) is 80.7 Å². The van der Waals surface area contributed by atoms with Gasteiger partial charge in [-0.25, -0.2) is 0 Å². The van der Waals surface area contributed by atoms with Gasteiger partial charge in [-0.15, -0.1) is 0 Å². The van der Waals surface area contributed by atoms with Crippen molar-refractivity contribution in [3.63, 3.8) is 0 Å². The molecule has 0 unspecified atom stereocenters. The molecule has 0 saturated heterocycles. The number of carbonyl (C=O) groups is 2. The predicted octanol–water partition coefficient (Wildman–Crippen LogP) is 10.9. The molecule has 0 saturated carbocycles. The SMILES string of the molecule is CC.CC(C)(C)OC(=O)Oc1ccc([Te](Cl)(Cl)c2ccc(OC(=O)OC(C)(C)C)cc2)cc1.CC(C)c1ccc(-c2ccccc2)cc1. The molecule has 0 heterocycles. The van der Waals surface area contributed by atoms with Crippen LogP contribution in [-0.2, 0) is 9.47 Å². The van der Waals surface area contributed by atoms with Gasteiger partial charge in [-0.05, 0) is 22.6 Å². The summed E-state index contributed by atoms with van der Waals surface area (Å²) in [7, 11) is 13.5. The molecule has 0 N–H and O–H groups in total. The number of rotatable bonds is 6. The van der Waals surface area contributed by atoms with E-state index in [1.807, 2.05) is 19.9 Å². The van der Waals surface area contributed by atoms with Gasteiger partial charge in [-0.1, -0.05) is 82.3 Å². The van der Waals surface area contributed by atoms with Crippen molar-refractivity contribution in [3.05, 3.63) is 109 Å². The molecular formula is C39H48Cl2O6Te. The molecular weight excluding hydrogens is 763 g/mol. The van der Waals surface area contributed by atoms with E-state index in [0.29, 0.717) is 17.4 Å². The Morgan fingerprint density at radius 1 is 0.562 bits per heavy atom. The summed E-state index contributed by atoms with van der Waals surface area (Å²) in [6.45, 7) is 19.0. The van der Waals surface area contributed by atoms with Crippen molar-refractivity contribution in [2.45, 2.75) is 86.4 Å². The van der Waals surface area contributed by atoms with Gasteiger partial charge in [0.15, 0.2) is 0 Å². The van der Waals surface area contributed by atoms with E-state index in [2.05, 4.69) is 62.4 Å². The van der Waals surface area contributed by atoms with Crippen molar-refractivity contribution in [2.75, 3.05) is 0 Å². The number of benzene rings is 4. The van der Waals surface area contributed by atoms with E-state index in [-0.39, 0.29) is 0 Å². The van der Waals surface area contributed by atoms with Crippen LogP contribution >= 0.6 is 17.9 Å². The summed E-state index contributed by atoms with van der Waals surface area (Å²) in [6.07, 6.45) is -1.57. The van der Waals surface area contributed by atoms with Crippen LogP contribution in [0.15, 0.2) is 103 Å². The molecule has 0 amide bonds. The molecule has 0 fully saturated rings. The molecule has 0 aromatic heterocycles. The Labute approximate surface area is 298 Å². The van der Waals surface area contributed by atoms with Crippen LogP contribution in [0.3, 0.4) is 0 Å². The van der Waals surface area contributed by atoms with Crippen LogP contribution in [0.25, 0.3) is 11.1 Å². The van der Waals surface area contributed by atoms with Gasteiger partial charge >= 0.3 is 195 Å². The zero-order valence-corrected chi connectivity index (χ0v) is 33.3. The standard InChI is InChI=1S/C22H26Cl2O6Te.C15H16.C2H6/c1-21(2,3)29-19(25)27-15-7-11-17(12-8-15)31(23,24)18-13-9-16(10-14-18)28-20(26)30-22(4,5)6;1-12(2)13-8-10-15(11-9-13)14-6-4-3-5-7-14;1-2/h7-14H,1-6H3;3-12H,1-2H3;1-2H3. The predicted molar refractivity (Wildman–Crippen MR) is 201 cm³/mol. The molecule has 0 aliphatic rings. The van der Waals surface area contributed by atoms with Gasteiger partial charge < -0.3 is 0 Å². The molecule has 4 aromatic rings. The van der Waals surface area contributed by atoms with E-state index in [1.165, 1.54) is 16.7 Å². The van der Waals surface area contributed by atoms with E-state index in [4.69, 9.17) is 36.9 Å². The normalized spacial score (nSPS) is 11.6. The topological polar surface area (TPSA) is 71.1 Å². The molecule has 0 bridgehead atoms. The van der Waals surface area contributed by atoms with Gasteiger partial charge in [0.05, 0.1) is 0 Å². The molecule has 6 nitrogen and oxygen atoms in total. The van der Waals surface area contributed by atoms with E-state index >= 15 is 0 Å². The molecule has 0 atom stereocenters. The van der Waals surface area contributed by atoms with E-state index in [1.54, 1.807) is 90.1 Å². The third kappa shape index (κ3) is 14.1. The first-order chi connectivity index (χ1) is 22.4. The monoisotopic (exact) mass is 812 g/mol. The summed E-state index contributed by atoms with van der Waals surface area (Å²) in [5.74, 6) is 1.26. The number of carbonyl (C=O) groups excluding carboxylic acids is 2. The second-order valence-electron chi connectivity index (χ2n) is 12.7. The van der Waals surface area contributed by atoms with Crippen molar-refractivity contribution in [1.82, 2.24) is 0 Å². The van der Waals surface area contributed by atoms with Crippen molar-refractivity contribution < 1.29 is 28.5 Å². The van der Waals surface area contributed by atoms with Crippen molar-refractivity contribution in [1.29, 1.82) is 0 Å². The zero-order valence-electron chi connectivity index (χ0n) is 29.5. The van der Waals surface area contributed by atoms with Gasteiger partial charge in [0.2, 0.25) is 0 Å². The molecule has 0 radical (unpaired) electrons. The fourth-order valence-electron chi connectivity index (χ4n) is 3.92. The van der Waals surface area contributed by atoms with E-state index in [9.17, 15) is 9.59 Å². The smallest absolute Gasteiger partial charge is 0.0184 e. The van der Waals surface area contributed by atoms with Gasteiger partial charge in [0.25, 0.3) is 0 Å². The molecule has 4 rings (SSSR count). The molecule has 0 aliphatic heterocycles. The minimum absolute atomic E-state index is 0.325. The molecule has 4 aromatic carbocycles. The average Bonchev–Trinajstić information content (AvgIpc) is 3.01. The Morgan fingerprint density at radius 2 is 0.917 bits per heavy atom. The van der Waals surface area contributed by atoms with Gasteiger partial charge in [0, 0.05) is 0 Å². The maximum absolute atomic E-state index is 11.8. The van der Waals surface area contributed by atoms with Crippen molar-refractivity contribution in [3.8, 4) is 22.6 Å². The summed E-state index contributed by atoms with van der Waals surface area (Å²) < 4.78 is 22.1. The number of ether oxygens (including phenoxy) is 4. The Bertz CT molecular complexity index is 1480. The quantitative estimate of drug-likeness (QED) is 0.110. The molecule has 9 heteroatoms. The number of hydrogen-bond donors (Lipinski definition) is 0.